The average Bonchev–Trinajstić information content (AvgIpc) is 2.83. The second kappa shape index (κ2) is 6.53. The standard InChI is InChI=1S/C15H19N3S/c1-4-11(2)17-15-8-6-13(9-16-15)5-7-14-10-19-12(3)18-14/h6,8-12,18H,4H2,1-3H3,(H,16,17)/p+1/t11-,12?/m0/s1. The van der Waals surface area contributed by atoms with Crippen LogP contribution in [0.15, 0.2) is 29.4 Å². The number of rotatable bonds is 3. The predicted octanol–water partition coefficient (Wildman–Crippen LogP) is 2.59. The first-order valence-electron chi connectivity index (χ1n) is 6.60. The third-order valence-corrected chi connectivity index (χ3v) is 3.82. The van der Waals surface area contributed by atoms with Crippen LogP contribution in [0, 0.1) is 11.8 Å². The van der Waals surface area contributed by atoms with Gasteiger partial charge in [0.25, 0.3) is 5.82 Å². The molecule has 3 N–H and O–H groups in total. The molecule has 1 aliphatic rings. The largest absolute Gasteiger partial charge is 0.366 e. The molecule has 0 saturated carbocycles. The van der Waals surface area contributed by atoms with E-state index in [9.17, 15) is 0 Å². The summed E-state index contributed by atoms with van der Waals surface area (Å²) in [7, 11) is 0. The molecule has 2 heterocycles. The van der Waals surface area contributed by atoms with Crippen molar-refractivity contribution in [2.45, 2.75) is 38.6 Å². The molecule has 2 rings (SSSR count). The normalized spacial score (nSPS) is 18.9. The fourth-order valence-corrected chi connectivity index (χ4v) is 2.28. The highest BCUT2D eigenvalue weighted by Crippen LogP contribution is 2.19. The molecule has 0 amide bonds. The molecule has 1 unspecified atom stereocenters. The Labute approximate surface area is 119 Å². The Morgan fingerprint density at radius 3 is 2.89 bits per heavy atom. The van der Waals surface area contributed by atoms with Gasteiger partial charge in [-0.3, -0.25) is 5.32 Å². The van der Waals surface area contributed by atoms with Crippen LogP contribution in [-0.4, -0.2) is 11.4 Å². The minimum absolute atomic E-state index is 0.429. The number of nitrogens with one attached hydrogen (secondary N) is 3. The fourth-order valence-electron chi connectivity index (χ4n) is 1.62. The number of allylic oxidation sites excluding steroid dienone is 1. The number of anilines is 1. The van der Waals surface area contributed by atoms with Crippen molar-refractivity contribution in [3.05, 3.63) is 35.0 Å². The molecule has 0 bridgehead atoms. The van der Waals surface area contributed by atoms with E-state index < -0.39 is 0 Å². The molecule has 3 nitrogen and oxygen atoms in total. The van der Waals surface area contributed by atoms with Gasteiger partial charge in [0.05, 0.1) is 22.7 Å². The lowest BCUT2D eigenvalue weighted by atomic mass is 10.2. The Balaban J connectivity index is 1.97. The highest BCUT2D eigenvalue weighted by Gasteiger charge is 2.09. The zero-order chi connectivity index (χ0) is 13.7. The molecule has 0 radical (unpaired) electrons. The molecule has 4 heteroatoms. The van der Waals surface area contributed by atoms with Gasteiger partial charge in [-0.2, -0.15) is 0 Å². The fraction of sp³-hybridized carbons (Fsp3) is 0.400. The van der Waals surface area contributed by atoms with Crippen LogP contribution in [0.5, 0.6) is 0 Å². The first-order chi connectivity index (χ1) is 9.17. The SMILES string of the molecule is CC[C@H](C)Nc1ccc(C#CC2=CSC(C)N2)c[nH+]1. The maximum absolute atomic E-state index is 3.39. The van der Waals surface area contributed by atoms with Crippen molar-refractivity contribution in [3.8, 4) is 11.8 Å². The van der Waals surface area contributed by atoms with Crippen LogP contribution in [0.25, 0.3) is 0 Å². The topological polar surface area (TPSA) is 38.2 Å². The Kier molecular flexibility index (Phi) is 4.75. The van der Waals surface area contributed by atoms with Crippen LogP contribution in [0.1, 0.15) is 32.8 Å². The molecular weight excluding hydrogens is 254 g/mol. The number of hydrogen-bond acceptors (Lipinski definition) is 3. The quantitative estimate of drug-likeness (QED) is 0.832. The smallest absolute Gasteiger partial charge is 0.272 e. The lowest BCUT2D eigenvalue weighted by molar-refractivity contribution is -0.361. The zero-order valence-electron chi connectivity index (χ0n) is 11.6. The van der Waals surface area contributed by atoms with E-state index in [0.717, 1.165) is 23.5 Å². The third kappa shape index (κ3) is 4.22. The Morgan fingerprint density at radius 1 is 1.47 bits per heavy atom. The van der Waals surface area contributed by atoms with Gasteiger partial charge in [0.15, 0.2) is 0 Å². The number of aromatic nitrogens is 1. The highest BCUT2D eigenvalue weighted by atomic mass is 32.2. The van der Waals surface area contributed by atoms with Crippen LogP contribution in [0.4, 0.5) is 5.82 Å². The Morgan fingerprint density at radius 2 is 2.32 bits per heavy atom. The molecular formula is C15H20N3S+. The van der Waals surface area contributed by atoms with E-state index in [1.54, 1.807) is 11.8 Å². The van der Waals surface area contributed by atoms with Crippen molar-refractivity contribution in [3.63, 3.8) is 0 Å². The number of H-pyrrole nitrogens is 1. The maximum Gasteiger partial charge on any atom is 0.272 e. The third-order valence-electron chi connectivity index (χ3n) is 2.92. The van der Waals surface area contributed by atoms with Gasteiger partial charge in [-0.1, -0.05) is 12.8 Å². The monoisotopic (exact) mass is 274 g/mol. The van der Waals surface area contributed by atoms with E-state index in [-0.39, 0.29) is 0 Å². The molecule has 19 heavy (non-hydrogen) atoms. The summed E-state index contributed by atoms with van der Waals surface area (Å²) in [5, 5.41) is 9.19. The summed E-state index contributed by atoms with van der Waals surface area (Å²) in [4.78, 5) is 3.23. The average molecular weight is 274 g/mol. The zero-order valence-corrected chi connectivity index (χ0v) is 12.4. The number of pyridine rings is 1. The van der Waals surface area contributed by atoms with Crippen LogP contribution in [0.2, 0.25) is 0 Å². The number of hydrogen-bond donors (Lipinski definition) is 2. The summed E-state index contributed by atoms with van der Waals surface area (Å²) in [6.45, 7) is 6.45. The molecule has 100 valence electrons. The maximum atomic E-state index is 3.39. The van der Waals surface area contributed by atoms with Crippen molar-refractivity contribution in [1.29, 1.82) is 0 Å². The molecule has 1 aliphatic heterocycles. The van der Waals surface area contributed by atoms with Crippen molar-refractivity contribution in [2.75, 3.05) is 5.32 Å². The molecule has 0 aromatic carbocycles. The van der Waals surface area contributed by atoms with Crippen LogP contribution in [0.3, 0.4) is 0 Å². The minimum atomic E-state index is 0.429. The summed E-state index contributed by atoms with van der Waals surface area (Å²) < 4.78 is 0. The molecule has 0 saturated heterocycles. The van der Waals surface area contributed by atoms with Crippen LogP contribution >= 0.6 is 11.8 Å². The van der Waals surface area contributed by atoms with E-state index in [2.05, 4.69) is 53.6 Å². The molecule has 0 spiro atoms. The Bertz CT molecular complexity index is 510. The number of thioether (sulfide) groups is 1. The first kappa shape index (κ1) is 13.8. The number of aromatic amines is 1. The molecule has 2 atom stereocenters. The van der Waals surface area contributed by atoms with E-state index in [1.165, 1.54) is 0 Å². The van der Waals surface area contributed by atoms with E-state index in [4.69, 9.17) is 0 Å². The van der Waals surface area contributed by atoms with E-state index >= 15 is 0 Å². The lowest BCUT2D eigenvalue weighted by Gasteiger charge is -2.04. The van der Waals surface area contributed by atoms with Crippen molar-refractivity contribution >= 4 is 17.6 Å². The van der Waals surface area contributed by atoms with Crippen LogP contribution < -0.4 is 15.6 Å². The highest BCUT2D eigenvalue weighted by molar-refractivity contribution is 8.02. The summed E-state index contributed by atoms with van der Waals surface area (Å²) in [6.07, 6.45) is 3.04. The molecule has 1 aromatic rings. The lowest BCUT2D eigenvalue weighted by Crippen LogP contribution is -2.20. The molecule has 1 aromatic heterocycles. The minimum Gasteiger partial charge on any atom is -0.366 e. The van der Waals surface area contributed by atoms with Crippen molar-refractivity contribution in [1.82, 2.24) is 5.32 Å². The van der Waals surface area contributed by atoms with Gasteiger partial charge >= 0.3 is 0 Å². The van der Waals surface area contributed by atoms with Gasteiger partial charge in [-0.15, -0.1) is 11.8 Å². The second-order valence-electron chi connectivity index (χ2n) is 4.65. The van der Waals surface area contributed by atoms with Gasteiger partial charge in [-0.25, -0.2) is 4.98 Å². The summed E-state index contributed by atoms with van der Waals surface area (Å²) in [5.41, 5.74) is 1.99. The van der Waals surface area contributed by atoms with Crippen LogP contribution in [-0.2, 0) is 0 Å². The summed E-state index contributed by atoms with van der Waals surface area (Å²) in [5.74, 6) is 7.32. The van der Waals surface area contributed by atoms with Crippen molar-refractivity contribution in [2.24, 2.45) is 0 Å². The van der Waals surface area contributed by atoms with E-state index in [1.807, 2.05) is 18.3 Å². The summed E-state index contributed by atoms with van der Waals surface area (Å²) >= 11 is 1.76. The van der Waals surface area contributed by atoms with E-state index in [0.29, 0.717) is 11.4 Å². The van der Waals surface area contributed by atoms with Crippen molar-refractivity contribution < 1.29 is 4.98 Å². The van der Waals surface area contributed by atoms with Gasteiger partial charge in [0.1, 0.15) is 6.20 Å². The second-order valence-corrected chi connectivity index (χ2v) is 5.86. The molecule has 0 fully saturated rings. The van der Waals surface area contributed by atoms with Gasteiger partial charge < -0.3 is 5.32 Å². The van der Waals surface area contributed by atoms with Gasteiger partial charge in [0, 0.05) is 11.5 Å². The summed E-state index contributed by atoms with van der Waals surface area (Å²) in [6, 6.07) is 4.53. The van der Waals surface area contributed by atoms with Gasteiger partial charge in [-0.05, 0) is 32.3 Å². The predicted molar refractivity (Wildman–Crippen MR) is 81.5 cm³/mol. The molecule has 0 aliphatic carbocycles. The Hall–Kier alpha value is -1.60. The van der Waals surface area contributed by atoms with Gasteiger partial charge in [0.2, 0.25) is 0 Å². The first-order valence-corrected chi connectivity index (χ1v) is 7.54.